The number of nitrogens with zero attached hydrogens (tertiary/aromatic N) is 1. The van der Waals surface area contributed by atoms with E-state index in [1.165, 1.54) is 64.8 Å². The van der Waals surface area contributed by atoms with Gasteiger partial charge in [-0.25, -0.2) is 0 Å². The topological polar surface area (TPSA) is 15.3 Å². The summed E-state index contributed by atoms with van der Waals surface area (Å²) < 4.78 is 0. The van der Waals surface area contributed by atoms with Crippen molar-refractivity contribution in [2.45, 2.75) is 51.2 Å². The summed E-state index contributed by atoms with van der Waals surface area (Å²) in [6, 6.07) is 0. The summed E-state index contributed by atoms with van der Waals surface area (Å²) in [7, 11) is 0. The molecule has 0 saturated carbocycles. The predicted octanol–water partition coefficient (Wildman–Crippen LogP) is 3.23. The summed E-state index contributed by atoms with van der Waals surface area (Å²) in [4.78, 5) is 2.68. The highest BCUT2D eigenvalue weighted by Crippen LogP contribution is 2.21. The molecule has 1 aliphatic heterocycles. The number of nitrogens with one attached hydrogen (secondary N) is 1. The molecule has 0 bridgehead atoms. The van der Waals surface area contributed by atoms with Crippen molar-refractivity contribution in [3.63, 3.8) is 0 Å². The average Bonchev–Trinajstić information content (AvgIpc) is 2.58. The number of unbranched alkanes of at least 4 members (excludes halogenated alkanes) is 1. The Kier molecular flexibility index (Phi) is 9.16. The quantitative estimate of drug-likeness (QED) is 0.683. The molecule has 0 radical (unpaired) electrons. The minimum absolute atomic E-state index is 0.777. The lowest BCUT2D eigenvalue weighted by molar-refractivity contribution is 0.278. The largest absolute Gasteiger partial charge is 0.316 e. The Morgan fingerprint density at radius 2 is 2.06 bits per heavy atom. The van der Waals surface area contributed by atoms with Crippen LogP contribution in [0.25, 0.3) is 0 Å². The van der Waals surface area contributed by atoms with Crippen molar-refractivity contribution < 1.29 is 0 Å². The van der Waals surface area contributed by atoms with Crippen LogP contribution in [0.5, 0.6) is 0 Å². The molecule has 1 fully saturated rings. The van der Waals surface area contributed by atoms with E-state index in [0.717, 1.165) is 11.2 Å². The van der Waals surface area contributed by atoms with Gasteiger partial charge in [-0.2, -0.15) is 11.8 Å². The fourth-order valence-electron chi connectivity index (χ4n) is 2.56. The van der Waals surface area contributed by atoms with Crippen LogP contribution < -0.4 is 5.32 Å². The van der Waals surface area contributed by atoms with Crippen molar-refractivity contribution in [2.75, 3.05) is 39.0 Å². The average molecular weight is 273 g/mol. The maximum absolute atomic E-state index is 3.53. The third-order valence-electron chi connectivity index (χ3n) is 3.73. The summed E-state index contributed by atoms with van der Waals surface area (Å²) in [6.07, 6.45) is 9.17. The molecule has 0 aromatic heterocycles. The Morgan fingerprint density at radius 3 is 2.78 bits per heavy atom. The van der Waals surface area contributed by atoms with Crippen molar-refractivity contribution in [3.8, 4) is 0 Å². The Morgan fingerprint density at radius 1 is 1.22 bits per heavy atom. The van der Waals surface area contributed by atoms with Gasteiger partial charge in [0.15, 0.2) is 0 Å². The van der Waals surface area contributed by atoms with Gasteiger partial charge < -0.3 is 10.2 Å². The van der Waals surface area contributed by atoms with E-state index in [9.17, 15) is 0 Å². The van der Waals surface area contributed by atoms with Gasteiger partial charge in [0.2, 0.25) is 0 Å². The molecule has 0 aliphatic carbocycles. The number of hydrogen-bond donors (Lipinski definition) is 1. The minimum Gasteiger partial charge on any atom is -0.316 e. The summed E-state index contributed by atoms with van der Waals surface area (Å²) in [5.41, 5.74) is 0. The van der Waals surface area contributed by atoms with E-state index >= 15 is 0 Å². The van der Waals surface area contributed by atoms with Gasteiger partial charge in [-0.1, -0.05) is 13.8 Å². The van der Waals surface area contributed by atoms with Crippen LogP contribution in [0.2, 0.25) is 0 Å². The monoisotopic (exact) mass is 272 g/mol. The second kappa shape index (κ2) is 10.1. The maximum Gasteiger partial charge on any atom is 0.00569 e. The third kappa shape index (κ3) is 7.65. The second-order valence-electron chi connectivity index (χ2n) is 5.94. The molecule has 0 aromatic carbocycles. The van der Waals surface area contributed by atoms with E-state index in [0.29, 0.717) is 0 Å². The van der Waals surface area contributed by atoms with E-state index in [2.05, 4.69) is 42.1 Å². The predicted molar refractivity (Wildman–Crippen MR) is 84.5 cm³/mol. The van der Waals surface area contributed by atoms with Crippen LogP contribution in [0.15, 0.2) is 0 Å². The van der Waals surface area contributed by atoms with Crippen LogP contribution in [0.1, 0.15) is 46.0 Å². The molecule has 2 nitrogen and oxygen atoms in total. The molecule has 1 N–H and O–H groups in total. The summed E-state index contributed by atoms with van der Waals surface area (Å²) >= 11 is 2.06. The van der Waals surface area contributed by atoms with Gasteiger partial charge in [0, 0.05) is 5.25 Å². The molecule has 108 valence electrons. The molecule has 1 atom stereocenters. The first-order chi connectivity index (χ1) is 8.72. The second-order valence-corrected chi connectivity index (χ2v) is 7.07. The first-order valence-electron chi connectivity index (χ1n) is 7.68. The van der Waals surface area contributed by atoms with Crippen molar-refractivity contribution in [2.24, 2.45) is 5.92 Å². The number of likely N-dealkylation sites (tertiary alicyclic amines) is 1. The summed E-state index contributed by atoms with van der Waals surface area (Å²) in [5, 5.41) is 4.45. The minimum atomic E-state index is 0.777. The van der Waals surface area contributed by atoms with Crippen molar-refractivity contribution >= 4 is 11.8 Å². The molecule has 0 spiro atoms. The zero-order valence-corrected chi connectivity index (χ0v) is 13.4. The van der Waals surface area contributed by atoms with Crippen LogP contribution in [0, 0.1) is 5.92 Å². The Labute approximate surface area is 118 Å². The summed E-state index contributed by atoms with van der Waals surface area (Å²) in [6.45, 7) is 10.9. The molecular weight excluding hydrogens is 240 g/mol. The SMILES string of the molecule is CSC1CCCN(CCCCNCC(C)C)CC1. The molecule has 0 amide bonds. The molecule has 3 heteroatoms. The normalized spacial score (nSPS) is 22.3. The van der Waals surface area contributed by atoms with E-state index in [4.69, 9.17) is 0 Å². The molecule has 1 aliphatic rings. The van der Waals surface area contributed by atoms with Crippen LogP contribution in [-0.2, 0) is 0 Å². The van der Waals surface area contributed by atoms with Crippen LogP contribution in [-0.4, -0.2) is 49.1 Å². The first kappa shape index (κ1) is 16.3. The van der Waals surface area contributed by atoms with Gasteiger partial charge in [0.05, 0.1) is 0 Å². The maximum atomic E-state index is 3.53. The number of hydrogen-bond acceptors (Lipinski definition) is 3. The third-order valence-corrected chi connectivity index (χ3v) is 4.87. The van der Waals surface area contributed by atoms with Gasteiger partial charge in [-0.3, -0.25) is 0 Å². The standard InChI is InChI=1S/C15H32N2S/c1-14(2)13-16-9-4-5-10-17-11-6-7-15(18-3)8-12-17/h14-16H,4-13H2,1-3H3. The van der Waals surface area contributed by atoms with Gasteiger partial charge in [0.1, 0.15) is 0 Å². The molecule has 1 heterocycles. The zero-order chi connectivity index (χ0) is 13.2. The fraction of sp³-hybridized carbons (Fsp3) is 1.00. The van der Waals surface area contributed by atoms with E-state index < -0.39 is 0 Å². The van der Waals surface area contributed by atoms with Crippen LogP contribution >= 0.6 is 11.8 Å². The highest BCUT2D eigenvalue weighted by Gasteiger charge is 2.15. The Bertz CT molecular complexity index is 197. The highest BCUT2D eigenvalue weighted by atomic mass is 32.2. The van der Waals surface area contributed by atoms with Gasteiger partial charge in [-0.15, -0.1) is 0 Å². The van der Waals surface area contributed by atoms with E-state index in [-0.39, 0.29) is 0 Å². The van der Waals surface area contributed by atoms with Gasteiger partial charge in [0.25, 0.3) is 0 Å². The lowest BCUT2D eigenvalue weighted by atomic mass is 10.2. The lowest BCUT2D eigenvalue weighted by Gasteiger charge is -2.19. The first-order valence-corrected chi connectivity index (χ1v) is 8.97. The lowest BCUT2D eigenvalue weighted by Crippen LogP contribution is -2.27. The Hall–Kier alpha value is 0.270. The molecule has 0 aromatic rings. The molecule has 1 unspecified atom stereocenters. The molecule has 1 saturated heterocycles. The van der Waals surface area contributed by atoms with Gasteiger partial charge in [-0.05, 0) is 77.0 Å². The van der Waals surface area contributed by atoms with Gasteiger partial charge >= 0.3 is 0 Å². The van der Waals surface area contributed by atoms with Crippen LogP contribution in [0.4, 0.5) is 0 Å². The zero-order valence-electron chi connectivity index (χ0n) is 12.6. The highest BCUT2D eigenvalue weighted by molar-refractivity contribution is 7.99. The fourth-order valence-corrected chi connectivity index (χ4v) is 3.30. The molecule has 18 heavy (non-hydrogen) atoms. The Balaban J connectivity index is 1.98. The smallest absolute Gasteiger partial charge is 0.00569 e. The summed E-state index contributed by atoms with van der Waals surface area (Å²) in [5.74, 6) is 0.777. The van der Waals surface area contributed by atoms with E-state index in [1.54, 1.807) is 0 Å². The molecular formula is C15H32N2S. The van der Waals surface area contributed by atoms with Crippen LogP contribution in [0.3, 0.4) is 0 Å². The van der Waals surface area contributed by atoms with Crippen molar-refractivity contribution in [1.29, 1.82) is 0 Å². The number of rotatable bonds is 8. The van der Waals surface area contributed by atoms with Crippen molar-refractivity contribution in [3.05, 3.63) is 0 Å². The molecule has 1 rings (SSSR count). The number of thioether (sulfide) groups is 1. The van der Waals surface area contributed by atoms with Crippen molar-refractivity contribution in [1.82, 2.24) is 10.2 Å². The van der Waals surface area contributed by atoms with E-state index in [1.807, 2.05) is 0 Å².